The molecule has 0 aliphatic carbocycles. The minimum absolute atomic E-state index is 0.0733. The molecule has 20 heavy (non-hydrogen) atoms. The monoisotopic (exact) mass is 287 g/mol. The van der Waals surface area contributed by atoms with Crippen LogP contribution in [0.1, 0.15) is 33.3 Å². The number of hydrogen-bond acceptors (Lipinski definition) is 3. The molecule has 2 N–H and O–H groups in total. The molecule has 0 aromatic heterocycles. The Morgan fingerprint density at radius 1 is 1.25 bits per heavy atom. The van der Waals surface area contributed by atoms with Crippen LogP contribution >= 0.6 is 0 Å². The minimum atomic E-state index is -0.721. The molecule has 0 spiro atoms. The van der Waals surface area contributed by atoms with Crippen LogP contribution in [0.4, 0.5) is 8.78 Å². The summed E-state index contributed by atoms with van der Waals surface area (Å²) >= 11 is 0. The summed E-state index contributed by atoms with van der Waals surface area (Å²) in [6.07, 6.45) is 0. The van der Waals surface area contributed by atoms with Crippen LogP contribution in [0, 0.1) is 17.6 Å². The number of aliphatic hydroxyl groups excluding tert-OH is 1. The fourth-order valence-electron chi connectivity index (χ4n) is 1.50. The summed E-state index contributed by atoms with van der Waals surface area (Å²) in [4.78, 5) is 0. The average molecular weight is 287 g/mol. The van der Waals surface area contributed by atoms with Crippen molar-refractivity contribution in [2.75, 3.05) is 13.2 Å². The van der Waals surface area contributed by atoms with E-state index in [9.17, 15) is 8.78 Å². The second kappa shape index (κ2) is 6.99. The molecule has 1 atom stereocenters. The summed E-state index contributed by atoms with van der Waals surface area (Å²) in [6, 6.07) is 2.53. The molecule has 1 unspecified atom stereocenters. The van der Waals surface area contributed by atoms with Gasteiger partial charge in [0.15, 0.2) is 17.4 Å². The third kappa shape index (κ3) is 5.43. The molecule has 0 fully saturated rings. The van der Waals surface area contributed by atoms with Crippen LogP contribution in [0.5, 0.6) is 5.75 Å². The second-order valence-corrected chi connectivity index (χ2v) is 6.09. The van der Waals surface area contributed by atoms with Crippen molar-refractivity contribution in [3.05, 3.63) is 29.3 Å². The smallest absolute Gasteiger partial charge is 0.190 e. The molecular weight excluding hydrogens is 264 g/mol. The number of halogens is 2. The molecule has 0 saturated carbocycles. The predicted octanol–water partition coefficient (Wildman–Crippen LogP) is 2.86. The van der Waals surface area contributed by atoms with Gasteiger partial charge in [-0.3, -0.25) is 0 Å². The standard InChI is InChI=1S/C15H23F2NO2/c1-10(8-19)9-20-14-12(16)5-11(6-13(14)17)7-18-15(2,3)4/h5-6,10,18-19H,7-9H2,1-4H3. The van der Waals surface area contributed by atoms with E-state index in [1.807, 2.05) is 20.8 Å². The summed E-state index contributed by atoms with van der Waals surface area (Å²) in [5.41, 5.74) is 0.399. The Kier molecular flexibility index (Phi) is 5.89. The molecule has 0 amide bonds. The van der Waals surface area contributed by atoms with Crippen LogP contribution in [0.25, 0.3) is 0 Å². The van der Waals surface area contributed by atoms with Gasteiger partial charge in [0.2, 0.25) is 0 Å². The van der Waals surface area contributed by atoms with E-state index in [-0.39, 0.29) is 30.4 Å². The van der Waals surface area contributed by atoms with Crippen molar-refractivity contribution in [2.45, 2.75) is 39.8 Å². The molecule has 3 nitrogen and oxygen atoms in total. The molecule has 1 rings (SSSR count). The first-order valence-electron chi connectivity index (χ1n) is 6.69. The Morgan fingerprint density at radius 3 is 2.25 bits per heavy atom. The van der Waals surface area contributed by atoms with E-state index in [1.165, 1.54) is 12.1 Å². The maximum atomic E-state index is 13.8. The highest BCUT2D eigenvalue weighted by atomic mass is 19.1. The van der Waals surface area contributed by atoms with E-state index in [2.05, 4.69) is 5.32 Å². The van der Waals surface area contributed by atoms with Gasteiger partial charge in [-0.25, -0.2) is 8.78 Å². The zero-order valence-electron chi connectivity index (χ0n) is 12.5. The van der Waals surface area contributed by atoms with Gasteiger partial charge in [0.25, 0.3) is 0 Å². The van der Waals surface area contributed by atoms with Gasteiger partial charge in [-0.05, 0) is 38.5 Å². The number of benzene rings is 1. The highest BCUT2D eigenvalue weighted by molar-refractivity contribution is 5.31. The first-order chi connectivity index (χ1) is 9.23. The lowest BCUT2D eigenvalue weighted by Crippen LogP contribution is -2.35. The van der Waals surface area contributed by atoms with Gasteiger partial charge < -0.3 is 15.2 Å². The summed E-state index contributed by atoms with van der Waals surface area (Å²) in [5, 5.41) is 12.0. The molecule has 1 aromatic carbocycles. The Bertz CT molecular complexity index is 421. The lowest BCUT2D eigenvalue weighted by Gasteiger charge is -2.21. The van der Waals surface area contributed by atoms with E-state index in [0.29, 0.717) is 12.1 Å². The van der Waals surface area contributed by atoms with Crippen molar-refractivity contribution in [3.63, 3.8) is 0 Å². The van der Waals surface area contributed by atoms with Crippen molar-refractivity contribution in [1.29, 1.82) is 0 Å². The number of rotatable bonds is 6. The van der Waals surface area contributed by atoms with E-state index in [4.69, 9.17) is 9.84 Å². The molecule has 0 heterocycles. The number of aliphatic hydroxyl groups is 1. The summed E-state index contributed by atoms with van der Waals surface area (Å²) in [5.74, 6) is -2.00. The first-order valence-corrected chi connectivity index (χ1v) is 6.69. The number of nitrogens with one attached hydrogen (secondary N) is 1. The molecular formula is C15H23F2NO2. The molecule has 0 aliphatic heterocycles. The van der Waals surface area contributed by atoms with Gasteiger partial charge in [-0.15, -0.1) is 0 Å². The third-order valence-corrected chi connectivity index (χ3v) is 2.70. The summed E-state index contributed by atoms with van der Waals surface area (Å²) in [7, 11) is 0. The quantitative estimate of drug-likeness (QED) is 0.845. The average Bonchev–Trinajstić information content (AvgIpc) is 2.34. The van der Waals surface area contributed by atoms with E-state index in [0.717, 1.165) is 0 Å². The highest BCUT2D eigenvalue weighted by Gasteiger charge is 2.15. The lowest BCUT2D eigenvalue weighted by atomic mass is 10.1. The Morgan fingerprint density at radius 2 is 1.80 bits per heavy atom. The predicted molar refractivity (Wildman–Crippen MR) is 74.7 cm³/mol. The van der Waals surface area contributed by atoms with Crippen molar-refractivity contribution >= 4 is 0 Å². The zero-order chi connectivity index (χ0) is 15.3. The van der Waals surface area contributed by atoms with Crippen LogP contribution in [-0.2, 0) is 6.54 Å². The number of ether oxygens (including phenoxy) is 1. The number of hydrogen-bond donors (Lipinski definition) is 2. The van der Waals surface area contributed by atoms with Gasteiger partial charge >= 0.3 is 0 Å². The van der Waals surface area contributed by atoms with Crippen LogP contribution in [-0.4, -0.2) is 23.9 Å². The van der Waals surface area contributed by atoms with Crippen LogP contribution in [0.15, 0.2) is 12.1 Å². The molecule has 1 aromatic rings. The fraction of sp³-hybridized carbons (Fsp3) is 0.600. The van der Waals surface area contributed by atoms with Crippen LogP contribution in [0.3, 0.4) is 0 Å². The third-order valence-electron chi connectivity index (χ3n) is 2.70. The van der Waals surface area contributed by atoms with Crippen molar-refractivity contribution in [3.8, 4) is 5.75 Å². The molecule has 0 saturated heterocycles. The maximum absolute atomic E-state index is 13.8. The summed E-state index contributed by atoms with van der Waals surface area (Å²) in [6.45, 7) is 8.04. The highest BCUT2D eigenvalue weighted by Crippen LogP contribution is 2.24. The van der Waals surface area contributed by atoms with Crippen molar-refractivity contribution in [1.82, 2.24) is 5.32 Å². The van der Waals surface area contributed by atoms with E-state index >= 15 is 0 Å². The first kappa shape index (κ1) is 16.9. The van der Waals surface area contributed by atoms with Crippen molar-refractivity contribution < 1.29 is 18.6 Å². The molecule has 5 heteroatoms. The van der Waals surface area contributed by atoms with Crippen molar-refractivity contribution in [2.24, 2.45) is 5.92 Å². The largest absolute Gasteiger partial charge is 0.487 e. The topological polar surface area (TPSA) is 41.5 Å². The fourth-order valence-corrected chi connectivity index (χ4v) is 1.50. The normalized spacial score (nSPS) is 13.3. The van der Waals surface area contributed by atoms with Gasteiger partial charge in [-0.2, -0.15) is 0 Å². The molecule has 0 bridgehead atoms. The molecule has 0 radical (unpaired) electrons. The zero-order valence-corrected chi connectivity index (χ0v) is 12.5. The molecule has 0 aliphatic rings. The maximum Gasteiger partial charge on any atom is 0.190 e. The second-order valence-electron chi connectivity index (χ2n) is 6.09. The van der Waals surface area contributed by atoms with Gasteiger partial charge in [-0.1, -0.05) is 6.92 Å². The SMILES string of the molecule is CC(CO)COc1c(F)cc(CNC(C)(C)C)cc1F. The van der Waals surface area contributed by atoms with E-state index < -0.39 is 11.6 Å². The Labute approximate surface area is 119 Å². The Balaban J connectivity index is 2.76. The Hall–Kier alpha value is -1.20. The van der Waals surface area contributed by atoms with Gasteiger partial charge in [0.1, 0.15) is 0 Å². The van der Waals surface area contributed by atoms with Gasteiger partial charge in [0.05, 0.1) is 6.61 Å². The van der Waals surface area contributed by atoms with Gasteiger partial charge in [0, 0.05) is 24.6 Å². The molecule has 114 valence electrons. The van der Waals surface area contributed by atoms with Crippen LogP contribution < -0.4 is 10.1 Å². The van der Waals surface area contributed by atoms with Crippen LogP contribution in [0.2, 0.25) is 0 Å². The minimum Gasteiger partial charge on any atom is -0.487 e. The lowest BCUT2D eigenvalue weighted by molar-refractivity contribution is 0.167. The summed E-state index contributed by atoms with van der Waals surface area (Å²) < 4.78 is 32.8. The van der Waals surface area contributed by atoms with E-state index in [1.54, 1.807) is 6.92 Å².